The molecule has 15 heavy (non-hydrogen) atoms. The molecular weight excluding hydrogens is 200 g/mol. The van der Waals surface area contributed by atoms with Crippen LogP contribution in [0.5, 0.6) is 0 Å². The molecule has 0 nitrogen and oxygen atoms in total. The first kappa shape index (κ1) is 14.6. The molecule has 0 atom stereocenters. The Morgan fingerprint density at radius 1 is 1.07 bits per heavy atom. The van der Waals surface area contributed by atoms with Gasteiger partial charge < -0.3 is 0 Å². The van der Waals surface area contributed by atoms with Gasteiger partial charge in [-0.15, -0.1) is 0 Å². The zero-order valence-electron chi connectivity index (χ0n) is 10.9. The molecule has 0 heterocycles. The second-order valence-corrected chi connectivity index (χ2v) is 6.60. The summed E-state index contributed by atoms with van der Waals surface area (Å²) in [5, 5.41) is 0. The summed E-state index contributed by atoms with van der Waals surface area (Å²) in [6, 6.07) is 0. The van der Waals surface area contributed by atoms with Crippen LogP contribution in [0.25, 0.3) is 0 Å². The Morgan fingerprint density at radius 2 is 1.53 bits per heavy atom. The standard InChI is InChI=1S/C14H24S/c1-8-12(13(3,4)5)10-9-11(2)14(6,7)15/h8-10,15H,1H2,2-7H3/b11-9+,12-10+. The van der Waals surface area contributed by atoms with Gasteiger partial charge in [-0.2, -0.15) is 12.6 Å². The Kier molecular flexibility index (Phi) is 4.92. The van der Waals surface area contributed by atoms with Crippen molar-refractivity contribution in [3.63, 3.8) is 0 Å². The van der Waals surface area contributed by atoms with E-state index in [1.54, 1.807) is 0 Å². The monoisotopic (exact) mass is 224 g/mol. The van der Waals surface area contributed by atoms with E-state index in [0.717, 1.165) is 0 Å². The smallest absolute Gasteiger partial charge is 0.0281 e. The molecule has 0 saturated carbocycles. The van der Waals surface area contributed by atoms with Crippen LogP contribution in [0, 0.1) is 5.41 Å². The third-order valence-electron chi connectivity index (χ3n) is 2.56. The van der Waals surface area contributed by atoms with Crippen molar-refractivity contribution in [1.82, 2.24) is 0 Å². The van der Waals surface area contributed by atoms with Gasteiger partial charge in [-0.05, 0) is 31.8 Å². The van der Waals surface area contributed by atoms with Crippen molar-refractivity contribution in [2.24, 2.45) is 5.41 Å². The maximum absolute atomic E-state index is 4.53. The van der Waals surface area contributed by atoms with Crippen LogP contribution in [0.3, 0.4) is 0 Å². The highest BCUT2D eigenvalue weighted by Gasteiger charge is 2.15. The fraction of sp³-hybridized carbons (Fsp3) is 0.571. The van der Waals surface area contributed by atoms with Gasteiger partial charge in [0.2, 0.25) is 0 Å². The SMILES string of the molecule is C=C/C(=C\C=C(/C)C(C)(C)S)C(C)(C)C. The fourth-order valence-electron chi connectivity index (χ4n) is 1.04. The largest absolute Gasteiger partial charge is 0.169 e. The molecule has 0 N–H and O–H groups in total. The highest BCUT2D eigenvalue weighted by atomic mass is 32.1. The topological polar surface area (TPSA) is 0 Å². The van der Waals surface area contributed by atoms with E-state index in [1.807, 2.05) is 6.08 Å². The number of hydrogen-bond acceptors (Lipinski definition) is 1. The summed E-state index contributed by atoms with van der Waals surface area (Å²) < 4.78 is -0.0549. The van der Waals surface area contributed by atoms with E-state index in [9.17, 15) is 0 Å². The van der Waals surface area contributed by atoms with Crippen LogP contribution in [-0.4, -0.2) is 4.75 Å². The molecule has 1 heteroatoms. The zero-order chi connectivity index (χ0) is 12.3. The highest BCUT2D eigenvalue weighted by Crippen LogP contribution is 2.27. The average Bonchev–Trinajstić information content (AvgIpc) is 2.00. The molecule has 0 aromatic rings. The van der Waals surface area contributed by atoms with Gasteiger partial charge in [-0.1, -0.05) is 51.2 Å². The van der Waals surface area contributed by atoms with Crippen LogP contribution in [0.2, 0.25) is 0 Å². The minimum absolute atomic E-state index is 0.0549. The summed E-state index contributed by atoms with van der Waals surface area (Å²) in [5.74, 6) is 0. The molecule has 0 amide bonds. The van der Waals surface area contributed by atoms with E-state index in [2.05, 4.69) is 72.9 Å². The first-order valence-electron chi connectivity index (χ1n) is 5.33. The van der Waals surface area contributed by atoms with E-state index < -0.39 is 0 Å². The Labute approximate surface area is 101 Å². The van der Waals surface area contributed by atoms with Crippen LogP contribution in [0.1, 0.15) is 41.5 Å². The zero-order valence-corrected chi connectivity index (χ0v) is 11.8. The van der Waals surface area contributed by atoms with Gasteiger partial charge >= 0.3 is 0 Å². The summed E-state index contributed by atoms with van der Waals surface area (Å²) in [7, 11) is 0. The summed E-state index contributed by atoms with van der Waals surface area (Å²) in [6.07, 6.45) is 6.20. The molecule has 0 bridgehead atoms. The summed E-state index contributed by atoms with van der Waals surface area (Å²) in [4.78, 5) is 0. The Morgan fingerprint density at radius 3 is 1.80 bits per heavy atom. The van der Waals surface area contributed by atoms with Gasteiger partial charge in [0.15, 0.2) is 0 Å². The molecule has 0 aliphatic rings. The molecule has 0 aliphatic carbocycles. The molecular formula is C14H24S. The quantitative estimate of drug-likeness (QED) is 0.516. The molecule has 0 spiro atoms. The normalized spacial score (nSPS) is 15.4. The Bertz CT molecular complexity index is 279. The summed E-state index contributed by atoms with van der Waals surface area (Å²) in [5.41, 5.74) is 2.66. The minimum atomic E-state index is -0.0549. The van der Waals surface area contributed by atoms with E-state index in [1.165, 1.54) is 11.1 Å². The number of allylic oxidation sites excluding steroid dienone is 4. The Balaban J connectivity index is 4.99. The van der Waals surface area contributed by atoms with Crippen LogP contribution in [0.4, 0.5) is 0 Å². The first-order chi connectivity index (χ1) is 6.59. The van der Waals surface area contributed by atoms with Gasteiger partial charge in [-0.25, -0.2) is 0 Å². The molecule has 0 unspecified atom stereocenters. The Hall–Kier alpha value is -0.430. The molecule has 0 radical (unpaired) electrons. The van der Waals surface area contributed by atoms with Crippen LogP contribution < -0.4 is 0 Å². The number of thiol groups is 1. The lowest BCUT2D eigenvalue weighted by Gasteiger charge is -2.21. The lowest BCUT2D eigenvalue weighted by molar-refractivity contribution is 0.517. The predicted octanol–water partition coefficient (Wildman–Crippen LogP) is 4.80. The van der Waals surface area contributed by atoms with Crippen molar-refractivity contribution in [1.29, 1.82) is 0 Å². The fourth-order valence-corrected chi connectivity index (χ4v) is 1.12. The van der Waals surface area contributed by atoms with Gasteiger partial charge in [-0.3, -0.25) is 0 Å². The van der Waals surface area contributed by atoms with Gasteiger partial charge in [0.25, 0.3) is 0 Å². The van der Waals surface area contributed by atoms with Crippen LogP contribution in [-0.2, 0) is 0 Å². The number of rotatable bonds is 3. The second-order valence-electron chi connectivity index (χ2n) is 5.48. The first-order valence-corrected chi connectivity index (χ1v) is 5.78. The molecule has 0 fully saturated rings. The molecule has 0 aliphatic heterocycles. The van der Waals surface area contributed by atoms with E-state index in [4.69, 9.17) is 0 Å². The lowest BCUT2D eigenvalue weighted by Crippen LogP contribution is -2.12. The van der Waals surface area contributed by atoms with E-state index in [-0.39, 0.29) is 10.2 Å². The van der Waals surface area contributed by atoms with E-state index >= 15 is 0 Å². The molecule has 0 aromatic heterocycles. The predicted molar refractivity (Wildman–Crippen MR) is 74.6 cm³/mol. The number of hydrogen-bond donors (Lipinski definition) is 1. The maximum Gasteiger partial charge on any atom is 0.0281 e. The maximum atomic E-state index is 4.53. The minimum Gasteiger partial charge on any atom is -0.169 e. The molecule has 0 rings (SSSR count). The summed E-state index contributed by atoms with van der Waals surface area (Å²) >= 11 is 4.53. The third kappa shape index (κ3) is 5.27. The molecule has 0 saturated heterocycles. The van der Waals surface area contributed by atoms with Crippen molar-refractivity contribution < 1.29 is 0 Å². The average molecular weight is 224 g/mol. The van der Waals surface area contributed by atoms with Crippen molar-refractivity contribution in [2.75, 3.05) is 0 Å². The van der Waals surface area contributed by atoms with Crippen molar-refractivity contribution in [3.05, 3.63) is 36.0 Å². The third-order valence-corrected chi connectivity index (χ3v) is 2.92. The van der Waals surface area contributed by atoms with Gasteiger partial charge in [0, 0.05) is 4.75 Å². The van der Waals surface area contributed by atoms with Gasteiger partial charge in [0.05, 0.1) is 0 Å². The van der Waals surface area contributed by atoms with Crippen molar-refractivity contribution in [3.8, 4) is 0 Å². The highest BCUT2D eigenvalue weighted by molar-refractivity contribution is 7.82. The lowest BCUT2D eigenvalue weighted by atomic mass is 9.86. The van der Waals surface area contributed by atoms with E-state index in [0.29, 0.717) is 0 Å². The summed E-state index contributed by atoms with van der Waals surface area (Å²) in [6.45, 7) is 16.7. The molecule has 86 valence electrons. The van der Waals surface area contributed by atoms with Crippen LogP contribution >= 0.6 is 12.6 Å². The van der Waals surface area contributed by atoms with Crippen LogP contribution in [0.15, 0.2) is 36.0 Å². The van der Waals surface area contributed by atoms with Gasteiger partial charge in [0.1, 0.15) is 0 Å². The second kappa shape index (κ2) is 5.07. The van der Waals surface area contributed by atoms with Crippen molar-refractivity contribution >= 4 is 12.6 Å². The molecule has 0 aromatic carbocycles. The van der Waals surface area contributed by atoms with Crippen molar-refractivity contribution in [2.45, 2.75) is 46.3 Å².